The van der Waals surface area contributed by atoms with Crippen LogP contribution in [0.1, 0.15) is 39.1 Å². The molecule has 1 saturated carbocycles. The van der Waals surface area contributed by atoms with E-state index in [-0.39, 0.29) is 11.6 Å². The molecule has 0 aliphatic heterocycles. The van der Waals surface area contributed by atoms with E-state index in [9.17, 15) is 20.0 Å². The van der Waals surface area contributed by atoms with Crippen LogP contribution in [0.3, 0.4) is 0 Å². The maximum Gasteiger partial charge on any atom is 0.311 e. The number of phenolic OH excluding ortho intramolecular Hbond substituents is 1. The number of nitro benzene ring substituents is 1. The Morgan fingerprint density at radius 1 is 1.52 bits per heavy atom. The molecular formula is C15H15N3O4S. The number of benzene rings is 1. The van der Waals surface area contributed by atoms with Gasteiger partial charge >= 0.3 is 5.69 Å². The summed E-state index contributed by atoms with van der Waals surface area (Å²) in [5, 5.41) is 24.1. The number of aryl methyl sites for hydroxylation is 1. The van der Waals surface area contributed by atoms with Crippen LogP contribution in [0.15, 0.2) is 24.4 Å². The Morgan fingerprint density at radius 3 is 2.83 bits per heavy atom. The molecule has 8 heteroatoms. The van der Waals surface area contributed by atoms with E-state index in [0.29, 0.717) is 5.92 Å². The van der Waals surface area contributed by atoms with Gasteiger partial charge in [0.25, 0.3) is 5.91 Å². The number of aromatic nitrogens is 1. The van der Waals surface area contributed by atoms with Crippen LogP contribution in [0.5, 0.6) is 5.75 Å². The van der Waals surface area contributed by atoms with Crippen LogP contribution >= 0.6 is 11.3 Å². The van der Waals surface area contributed by atoms with E-state index in [1.165, 1.54) is 17.4 Å². The van der Waals surface area contributed by atoms with Crippen LogP contribution in [0.4, 0.5) is 5.69 Å². The standard InChI is InChI=1S/C15H15N3O4S/c1-8-7-16-15(23-8)13(9-2-3-9)17-14(20)10-4-5-12(19)11(6-10)18(21)22/h4-7,9,13,19H,2-3H2,1H3,(H,17,20). The number of nitrogens with zero attached hydrogens (tertiary/aromatic N) is 2. The number of rotatable bonds is 5. The van der Waals surface area contributed by atoms with Crippen molar-refractivity contribution in [3.8, 4) is 5.75 Å². The summed E-state index contributed by atoms with van der Waals surface area (Å²) in [5.41, 5.74) is -0.334. The fourth-order valence-corrected chi connectivity index (χ4v) is 3.28. The first kappa shape index (κ1) is 15.4. The molecule has 1 atom stereocenters. The maximum absolute atomic E-state index is 12.4. The topological polar surface area (TPSA) is 105 Å². The normalized spacial score (nSPS) is 15.2. The minimum Gasteiger partial charge on any atom is -0.502 e. The Bertz CT molecular complexity index is 770. The van der Waals surface area contributed by atoms with E-state index >= 15 is 0 Å². The third-order valence-electron chi connectivity index (χ3n) is 3.72. The molecule has 1 aromatic heterocycles. The predicted octanol–water partition coefficient (Wildman–Crippen LogP) is 2.95. The third kappa shape index (κ3) is 3.31. The van der Waals surface area contributed by atoms with E-state index in [1.54, 1.807) is 6.20 Å². The number of nitro groups is 1. The zero-order valence-corrected chi connectivity index (χ0v) is 13.2. The van der Waals surface area contributed by atoms with Gasteiger partial charge in [-0.3, -0.25) is 14.9 Å². The molecule has 120 valence electrons. The number of hydrogen-bond acceptors (Lipinski definition) is 6. The molecule has 2 aromatic rings. The molecule has 1 unspecified atom stereocenters. The van der Waals surface area contributed by atoms with E-state index in [2.05, 4.69) is 10.3 Å². The van der Waals surface area contributed by atoms with E-state index in [1.807, 2.05) is 6.92 Å². The molecule has 1 amide bonds. The first-order valence-corrected chi connectivity index (χ1v) is 7.98. The summed E-state index contributed by atoms with van der Waals surface area (Å²) >= 11 is 1.54. The Labute approximate surface area is 136 Å². The predicted molar refractivity (Wildman–Crippen MR) is 84.5 cm³/mol. The molecule has 0 radical (unpaired) electrons. The lowest BCUT2D eigenvalue weighted by Gasteiger charge is -2.16. The Balaban J connectivity index is 1.82. The quantitative estimate of drug-likeness (QED) is 0.646. The summed E-state index contributed by atoms with van der Waals surface area (Å²) in [6.45, 7) is 1.95. The fourth-order valence-electron chi connectivity index (χ4n) is 2.36. The molecule has 2 N–H and O–H groups in total. The average molecular weight is 333 g/mol. The molecule has 23 heavy (non-hydrogen) atoms. The highest BCUT2D eigenvalue weighted by atomic mass is 32.1. The number of amides is 1. The lowest BCUT2D eigenvalue weighted by molar-refractivity contribution is -0.385. The van der Waals surface area contributed by atoms with Crippen molar-refractivity contribution in [2.75, 3.05) is 0 Å². The SMILES string of the molecule is Cc1cnc(C(NC(=O)c2ccc(O)c([N+](=O)[O-])c2)C2CC2)s1. The minimum absolute atomic E-state index is 0.147. The number of thiazole rings is 1. The van der Waals surface area contributed by atoms with Gasteiger partial charge in [0, 0.05) is 22.7 Å². The third-order valence-corrected chi connectivity index (χ3v) is 4.72. The summed E-state index contributed by atoms with van der Waals surface area (Å²) in [6, 6.07) is 3.44. The van der Waals surface area contributed by atoms with Gasteiger partial charge in [0.2, 0.25) is 0 Å². The molecule has 0 spiro atoms. The monoisotopic (exact) mass is 333 g/mol. The van der Waals surface area contributed by atoms with Crippen LogP contribution in [-0.4, -0.2) is 20.9 Å². The van der Waals surface area contributed by atoms with Gasteiger partial charge in [-0.25, -0.2) is 4.98 Å². The Kier molecular flexibility index (Phi) is 3.99. The first-order valence-electron chi connectivity index (χ1n) is 7.16. The molecule has 0 saturated heterocycles. The molecule has 7 nitrogen and oxygen atoms in total. The van der Waals surface area contributed by atoms with Crippen molar-refractivity contribution in [2.24, 2.45) is 5.92 Å². The molecular weight excluding hydrogens is 318 g/mol. The van der Waals surface area contributed by atoms with Crippen molar-refractivity contribution in [1.82, 2.24) is 10.3 Å². The molecule has 1 aliphatic carbocycles. The molecule has 0 bridgehead atoms. The molecule has 1 aromatic carbocycles. The molecule has 1 heterocycles. The maximum atomic E-state index is 12.4. The number of aromatic hydroxyl groups is 1. The summed E-state index contributed by atoms with van der Waals surface area (Å²) < 4.78 is 0. The van der Waals surface area contributed by atoms with Crippen LogP contribution in [-0.2, 0) is 0 Å². The van der Waals surface area contributed by atoms with Crippen molar-refractivity contribution in [2.45, 2.75) is 25.8 Å². The zero-order chi connectivity index (χ0) is 16.6. The van der Waals surface area contributed by atoms with Crippen LogP contribution in [0.25, 0.3) is 0 Å². The first-order chi connectivity index (χ1) is 11.0. The van der Waals surface area contributed by atoms with Gasteiger partial charge in [0.1, 0.15) is 5.01 Å². The highest BCUT2D eigenvalue weighted by molar-refractivity contribution is 7.11. The van der Waals surface area contributed by atoms with Crippen molar-refractivity contribution in [3.05, 3.63) is 50.0 Å². The second kappa shape index (κ2) is 5.96. The number of phenols is 1. The van der Waals surface area contributed by atoms with Crippen molar-refractivity contribution >= 4 is 22.9 Å². The van der Waals surface area contributed by atoms with Crippen molar-refractivity contribution in [3.63, 3.8) is 0 Å². The highest BCUT2D eigenvalue weighted by Crippen LogP contribution is 2.42. The second-order valence-corrected chi connectivity index (χ2v) is 6.82. The number of nitrogens with one attached hydrogen (secondary N) is 1. The van der Waals surface area contributed by atoms with E-state index in [4.69, 9.17) is 0 Å². The fraction of sp³-hybridized carbons (Fsp3) is 0.333. The van der Waals surface area contributed by atoms with Crippen LogP contribution < -0.4 is 5.32 Å². The summed E-state index contributed by atoms with van der Waals surface area (Å²) in [7, 11) is 0. The molecule has 1 fully saturated rings. The highest BCUT2D eigenvalue weighted by Gasteiger charge is 2.35. The van der Waals surface area contributed by atoms with Gasteiger partial charge in [0.05, 0.1) is 11.0 Å². The molecule has 1 aliphatic rings. The van der Waals surface area contributed by atoms with Crippen molar-refractivity contribution in [1.29, 1.82) is 0 Å². The summed E-state index contributed by atoms with van der Waals surface area (Å²) in [4.78, 5) is 28.0. The molecule has 3 rings (SSSR count). The number of carbonyl (C=O) groups is 1. The lowest BCUT2D eigenvalue weighted by atomic mass is 10.1. The van der Waals surface area contributed by atoms with Gasteiger partial charge in [-0.05, 0) is 37.8 Å². The van der Waals surface area contributed by atoms with Crippen LogP contribution in [0.2, 0.25) is 0 Å². The zero-order valence-electron chi connectivity index (χ0n) is 12.4. The smallest absolute Gasteiger partial charge is 0.311 e. The van der Waals surface area contributed by atoms with E-state index < -0.39 is 22.3 Å². The average Bonchev–Trinajstić information content (AvgIpc) is 3.26. The Morgan fingerprint density at radius 2 is 2.26 bits per heavy atom. The van der Waals surface area contributed by atoms with Gasteiger partial charge in [0.15, 0.2) is 5.75 Å². The van der Waals surface area contributed by atoms with E-state index in [0.717, 1.165) is 34.9 Å². The largest absolute Gasteiger partial charge is 0.502 e. The van der Waals surface area contributed by atoms with Crippen LogP contribution in [0, 0.1) is 23.0 Å². The minimum atomic E-state index is -0.714. The lowest BCUT2D eigenvalue weighted by Crippen LogP contribution is -2.29. The number of carbonyl (C=O) groups excluding carboxylic acids is 1. The number of hydrogen-bond donors (Lipinski definition) is 2. The summed E-state index contributed by atoms with van der Waals surface area (Å²) in [6.07, 6.45) is 3.82. The van der Waals surface area contributed by atoms with Gasteiger partial charge in [-0.2, -0.15) is 0 Å². The van der Waals surface area contributed by atoms with Crippen molar-refractivity contribution < 1.29 is 14.8 Å². The summed E-state index contributed by atoms with van der Waals surface area (Å²) in [5.74, 6) is -0.504. The van der Waals surface area contributed by atoms with Gasteiger partial charge in [-0.15, -0.1) is 11.3 Å². The Hall–Kier alpha value is -2.48. The van der Waals surface area contributed by atoms with Gasteiger partial charge in [-0.1, -0.05) is 0 Å². The second-order valence-electron chi connectivity index (χ2n) is 5.56. The van der Waals surface area contributed by atoms with Gasteiger partial charge < -0.3 is 10.4 Å².